The van der Waals surface area contributed by atoms with Crippen LogP contribution in [0.1, 0.15) is 0 Å². The molecule has 27 valence electrons. The van der Waals surface area contributed by atoms with Crippen LogP contribution < -0.4 is 0 Å². The van der Waals surface area contributed by atoms with Crippen LogP contribution in [0.4, 0.5) is 0 Å². The summed E-state index contributed by atoms with van der Waals surface area (Å²) < 4.78 is 8.33. The Balaban J connectivity index is -0.00000000500. The molecular weight excluding hydrogens is 355 g/mol. The Morgan fingerprint density at radius 1 is 1.25 bits per heavy atom. The van der Waals surface area contributed by atoms with Gasteiger partial charge < -0.3 is 0 Å². The van der Waals surface area contributed by atoms with E-state index >= 15 is 0 Å². The molecule has 0 bridgehead atoms. The van der Waals surface area contributed by atoms with Crippen molar-refractivity contribution in [3.63, 3.8) is 0 Å². The first-order chi connectivity index (χ1) is 1.00. The molecule has 4 heteroatoms. The summed E-state index contributed by atoms with van der Waals surface area (Å²) in [6, 6.07) is 0. The SMILES string of the molecule is [Co].[Mo].[O]=[W]. The molecule has 0 heterocycles. The molecular formula is CoMoOW. The van der Waals surface area contributed by atoms with Crippen molar-refractivity contribution in [1.29, 1.82) is 0 Å². The molecule has 0 spiro atoms. The van der Waals surface area contributed by atoms with Gasteiger partial charge in [0, 0.05) is 37.8 Å². The van der Waals surface area contributed by atoms with Crippen LogP contribution in [0.3, 0.4) is 0 Å². The van der Waals surface area contributed by atoms with E-state index in [9.17, 15) is 0 Å². The fraction of sp³-hybridized carbons (Fsp3) is 0. The topological polar surface area (TPSA) is 17.1 Å². The van der Waals surface area contributed by atoms with E-state index in [1.54, 1.807) is 0 Å². The fourth-order valence-electron chi connectivity index (χ4n) is 0. The molecule has 0 aliphatic carbocycles. The molecule has 0 aliphatic heterocycles. The van der Waals surface area contributed by atoms with Crippen LogP contribution in [0.25, 0.3) is 0 Å². The van der Waals surface area contributed by atoms with E-state index in [0.717, 1.165) is 0 Å². The van der Waals surface area contributed by atoms with Crippen molar-refractivity contribution < 1.29 is 61.0 Å². The summed E-state index contributed by atoms with van der Waals surface area (Å²) in [5.74, 6) is 0. The van der Waals surface area contributed by atoms with Gasteiger partial charge in [0.05, 0.1) is 0 Å². The Bertz CT molecular complexity index is 8.00. The Kier molecular flexibility index (Phi) is 97.1. The molecule has 0 N–H and O–H groups in total. The van der Waals surface area contributed by atoms with Gasteiger partial charge in [-0.3, -0.25) is 0 Å². The van der Waals surface area contributed by atoms with E-state index < -0.39 is 0 Å². The molecule has 0 amide bonds. The average molecular weight is 355 g/mol. The van der Waals surface area contributed by atoms with Crippen LogP contribution in [0.15, 0.2) is 0 Å². The van der Waals surface area contributed by atoms with Crippen LogP contribution >= 0.6 is 0 Å². The molecule has 0 rings (SSSR count). The number of hydrogen-bond acceptors (Lipinski definition) is 1. The minimum absolute atomic E-state index is 0. The zero-order valence-corrected chi connectivity index (χ0v) is 7.54. The summed E-state index contributed by atoms with van der Waals surface area (Å²) in [5, 5.41) is 0. The number of hydrogen-bond donors (Lipinski definition) is 0. The Hall–Kier alpha value is 1.68. The molecule has 0 aromatic carbocycles. The quantitative estimate of drug-likeness (QED) is 0.554. The summed E-state index contributed by atoms with van der Waals surface area (Å²) in [4.78, 5) is 0. The third kappa shape index (κ3) is 9.36. The van der Waals surface area contributed by atoms with Gasteiger partial charge in [0.1, 0.15) is 0 Å². The normalized spacial score (nSPS) is 1.00. The van der Waals surface area contributed by atoms with Crippen molar-refractivity contribution >= 4 is 0 Å². The van der Waals surface area contributed by atoms with Gasteiger partial charge in [0.15, 0.2) is 0 Å². The average Bonchev–Trinajstić information content (AvgIpc) is 1.00. The first-order valence-electron chi connectivity index (χ1n) is 0.167. The molecule has 1 radical (unpaired) electrons. The Labute approximate surface area is 60.6 Å². The van der Waals surface area contributed by atoms with Crippen LogP contribution in [-0.2, 0) is 61.0 Å². The molecule has 0 aromatic heterocycles. The minimum atomic E-state index is 0. The van der Waals surface area contributed by atoms with E-state index in [0.29, 0.717) is 19.8 Å². The van der Waals surface area contributed by atoms with Gasteiger partial charge in [-0.15, -0.1) is 0 Å². The molecule has 0 saturated carbocycles. The van der Waals surface area contributed by atoms with E-state index in [1.165, 1.54) is 0 Å². The van der Waals surface area contributed by atoms with Gasteiger partial charge in [0.2, 0.25) is 0 Å². The summed E-state index contributed by atoms with van der Waals surface area (Å²) in [6.45, 7) is 0. The van der Waals surface area contributed by atoms with Crippen molar-refractivity contribution in [2.75, 3.05) is 0 Å². The molecule has 0 saturated heterocycles. The second kappa shape index (κ2) is 22.4. The molecule has 0 fully saturated rings. The van der Waals surface area contributed by atoms with Crippen LogP contribution in [-0.4, -0.2) is 0 Å². The molecule has 1 nitrogen and oxygen atoms in total. The van der Waals surface area contributed by atoms with Gasteiger partial charge >= 0.3 is 23.2 Å². The predicted molar refractivity (Wildman–Crippen MR) is 0.686 cm³/mol. The molecule has 0 unspecified atom stereocenters. The van der Waals surface area contributed by atoms with Crippen LogP contribution in [0, 0.1) is 0 Å². The third-order valence-corrected chi connectivity index (χ3v) is 0. The van der Waals surface area contributed by atoms with Crippen molar-refractivity contribution in [3.8, 4) is 0 Å². The van der Waals surface area contributed by atoms with E-state index in [2.05, 4.69) is 0 Å². The Morgan fingerprint density at radius 2 is 1.25 bits per heavy atom. The molecule has 0 atom stereocenters. The monoisotopic (exact) mass is 357 g/mol. The fourth-order valence-corrected chi connectivity index (χ4v) is 0. The standard InChI is InChI=1S/Co.Mo.O.W. The van der Waals surface area contributed by atoms with E-state index in [-0.39, 0.29) is 37.8 Å². The van der Waals surface area contributed by atoms with Crippen LogP contribution in [0.2, 0.25) is 0 Å². The zero-order valence-electron chi connectivity index (χ0n) is 1.56. The summed E-state index contributed by atoms with van der Waals surface area (Å²) in [6.07, 6.45) is 0. The summed E-state index contributed by atoms with van der Waals surface area (Å²) in [5.41, 5.74) is 0. The van der Waals surface area contributed by atoms with E-state index in [4.69, 9.17) is 3.40 Å². The first-order valence-corrected chi connectivity index (χ1v) is 1.36. The summed E-state index contributed by atoms with van der Waals surface area (Å²) >= 11 is 0.333. The van der Waals surface area contributed by atoms with Gasteiger partial charge in [-0.25, -0.2) is 0 Å². The zero-order chi connectivity index (χ0) is 2.00. The second-order valence-electron chi connectivity index (χ2n) is 0. The van der Waals surface area contributed by atoms with Gasteiger partial charge in [-0.1, -0.05) is 0 Å². The molecule has 0 aliphatic rings. The third-order valence-electron chi connectivity index (χ3n) is 0. The van der Waals surface area contributed by atoms with Crippen molar-refractivity contribution in [2.45, 2.75) is 0 Å². The summed E-state index contributed by atoms with van der Waals surface area (Å²) in [7, 11) is 0. The van der Waals surface area contributed by atoms with Gasteiger partial charge in [-0.05, 0) is 0 Å². The molecule has 0 aromatic rings. The second-order valence-corrected chi connectivity index (χ2v) is 0. The van der Waals surface area contributed by atoms with Gasteiger partial charge in [0.25, 0.3) is 0 Å². The first kappa shape index (κ1) is 17.3. The van der Waals surface area contributed by atoms with Crippen molar-refractivity contribution in [3.05, 3.63) is 0 Å². The maximum absolute atomic E-state index is 8.33. The van der Waals surface area contributed by atoms with Gasteiger partial charge in [-0.2, -0.15) is 0 Å². The molecule has 4 heavy (non-hydrogen) atoms. The van der Waals surface area contributed by atoms with Crippen molar-refractivity contribution in [1.82, 2.24) is 0 Å². The van der Waals surface area contributed by atoms with Crippen molar-refractivity contribution in [2.24, 2.45) is 0 Å². The van der Waals surface area contributed by atoms with Crippen LogP contribution in [0.5, 0.6) is 0 Å². The number of rotatable bonds is 0. The van der Waals surface area contributed by atoms with E-state index in [1.807, 2.05) is 0 Å². The Morgan fingerprint density at radius 3 is 1.25 bits per heavy atom. The maximum atomic E-state index is 8.33. The predicted octanol–water partition coefficient (Wildman–Crippen LogP) is -0.126.